The number of ketones is 1. The summed E-state index contributed by atoms with van der Waals surface area (Å²) < 4.78 is 11.2. The summed E-state index contributed by atoms with van der Waals surface area (Å²) in [5.41, 5.74) is 1.77. The molecule has 0 radical (unpaired) electrons. The van der Waals surface area contributed by atoms with E-state index in [0.29, 0.717) is 19.0 Å². The fourth-order valence-electron chi connectivity index (χ4n) is 2.28. The van der Waals surface area contributed by atoms with Crippen LogP contribution in [0, 0.1) is 0 Å². The smallest absolute Gasteiger partial charge is 0.286 e. The van der Waals surface area contributed by atoms with Crippen LogP contribution in [0.2, 0.25) is 0 Å². The van der Waals surface area contributed by atoms with Gasteiger partial charge >= 0.3 is 0 Å². The van der Waals surface area contributed by atoms with Crippen LogP contribution in [-0.4, -0.2) is 12.4 Å². The van der Waals surface area contributed by atoms with E-state index in [4.69, 9.17) is 9.47 Å². The molecule has 2 aliphatic heterocycles. The van der Waals surface area contributed by atoms with E-state index in [1.807, 2.05) is 30.3 Å². The molecule has 0 aromatic heterocycles. The molecule has 0 bridgehead atoms. The maximum Gasteiger partial charge on any atom is 0.286 e. The predicted molar refractivity (Wildman–Crippen MR) is 62.1 cm³/mol. The van der Waals surface area contributed by atoms with Gasteiger partial charge in [-0.3, -0.25) is 4.79 Å². The lowest BCUT2D eigenvalue weighted by Crippen LogP contribution is -2.24. The first kappa shape index (κ1) is 10.4. The summed E-state index contributed by atoms with van der Waals surface area (Å²) in [4.78, 5) is 12.0. The summed E-state index contributed by atoms with van der Waals surface area (Å²) in [5.74, 6) is 0.626. The van der Waals surface area contributed by atoms with Crippen LogP contribution >= 0.6 is 0 Å². The van der Waals surface area contributed by atoms with Crippen molar-refractivity contribution in [3.63, 3.8) is 0 Å². The van der Waals surface area contributed by atoms with Gasteiger partial charge in [0.2, 0.25) is 0 Å². The lowest BCUT2D eigenvalue weighted by molar-refractivity contribution is -0.125. The predicted octanol–water partition coefficient (Wildman–Crippen LogP) is 2.74. The third-order valence-electron chi connectivity index (χ3n) is 3.18. The fraction of sp³-hybridized carbons (Fsp3) is 0.357. The van der Waals surface area contributed by atoms with Crippen LogP contribution in [0.4, 0.5) is 0 Å². The Kier molecular flexibility index (Phi) is 2.59. The van der Waals surface area contributed by atoms with E-state index in [1.165, 1.54) is 0 Å². The SMILES string of the molecule is O=C1CC(c2ccccc2)OC2=C1CCCO2. The minimum atomic E-state index is -0.194. The second-order valence-corrected chi connectivity index (χ2v) is 4.36. The molecule has 17 heavy (non-hydrogen) atoms. The second-order valence-electron chi connectivity index (χ2n) is 4.36. The van der Waals surface area contributed by atoms with Gasteiger partial charge in [0.15, 0.2) is 5.78 Å². The number of Topliss-reactive ketones (excluding diaryl/α,β-unsaturated/α-hetero) is 1. The number of ether oxygens (including phenoxy) is 2. The van der Waals surface area contributed by atoms with E-state index in [2.05, 4.69) is 0 Å². The molecular formula is C14H14O3. The highest BCUT2D eigenvalue weighted by atomic mass is 16.7. The molecule has 0 fully saturated rings. The van der Waals surface area contributed by atoms with Crippen LogP contribution in [-0.2, 0) is 14.3 Å². The van der Waals surface area contributed by atoms with Crippen LogP contribution in [0.25, 0.3) is 0 Å². The van der Waals surface area contributed by atoms with Crippen molar-refractivity contribution in [3.8, 4) is 0 Å². The molecule has 2 heterocycles. The van der Waals surface area contributed by atoms with E-state index < -0.39 is 0 Å². The fourth-order valence-corrected chi connectivity index (χ4v) is 2.28. The lowest BCUT2D eigenvalue weighted by Gasteiger charge is -2.29. The zero-order valence-corrected chi connectivity index (χ0v) is 9.52. The number of carbonyl (C=O) groups is 1. The Balaban J connectivity index is 1.88. The normalized spacial score (nSPS) is 23.8. The lowest BCUT2D eigenvalue weighted by atomic mass is 9.95. The number of benzene rings is 1. The summed E-state index contributed by atoms with van der Waals surface area (Å²) in [7, 11) is 0. The average molecular weight is 230 g/mol. The molecule has 1 aromatic carbocycles. The summed E-state index contributed by atoms with van der Waals surface area (Å²) in [5, 5.41) is 0. The van der Waals surface area contributed by atoms with Crippen LogP contribution in [0.5, 0.6) is 0 Å². The van der Waals surface area contributed by atoms with Gasteiger partial charge in [0.05, 0.1) is 18.6 Å². The first-order valence-electron chi connectivity index (χ1n) is 5.95. The van der Waals surface area contributed by atoms with Crippen molar-refractivity contribution >= 4 is 5.78 Å². The monoisotopic (exact) mass is 230 g/mol. The molecule has 0 aliphatic carbocycles. The Hall–Kier alpha value is -1.77. The first-order valence-corrected chi connectivity index (χ1v) is 5.95. The van der Waals surface area contributed by atoms with Crippen LogP contribution in [0.3, 0.4) is 0 Å². The molecule has 88 valence electrons. The van der Waals surface area contributed by atoms with Crippen molar-refractivity contribution < 1.29 is 14.3 Å². The van der Waals surface area contributed by atoms with Crippen molar-refractivity contribution in [1.29, 1.82) is 0 Å². The van der Waals surface area contributed by atoms with E-state index in [0.717, 1.165) is 24.0 Å². The maximum atomic E-state index is 12.0. The molecule has 0 spiro atoms. The van der Waals surface area contributed by atoms with Gasteiger partial charge in [0.1, 0.15) is 6.10 Å². The van der Waals surface area contributed by atoms with Crippen LogP contribution in [0.15, 0.2) is 41.9 Å². The number of carbonyl (C=O) groups excluding carboxylic acids is 1. The molecular weight excluding hydrogens is 216 g/mol. The van der Waals surface area contributed by atoms with E-state index in [1.54, 1.807) is 0 Å². The number of allylic oxidation sites excluding steroid dienone is 1. The van der Waals surface area contributed by atoms with Crippen LogP contribution < -0.4 is 0 Å². The minimum Gasteiger partial charge on any atom is -0.465 e. The van der Waals surface area contributed by atoms with Crippen LogP contribution in [0.1, 0.15) is 30.9 Å². The standard InChI is InChI=1S/C14H14O3/c15-12-9-13(10-5-2-1-3-6-10)17-14-11(12)7-4-8-16-14/h1-3,5-6,13H,4,7-9H2. The summed E-state index contributed by atoms with van der Waals surface area (Å²) >= 11 is 0. The quantitative estimate of drug-likeness (QED) is 0.744. The molecule has 0 amide bonds. The second kappa shape index (κ2) is 4.24. The van der Waals surface area contributed by atoms with Gasteiger partial charge in [-0.25, -0.2) is 0 Å². The molecule has 3 rings (SSSR count). The summed E-state index contributed by atoms with van der Waals surface area (Å²) in [6.45, 7) is 0.646. The van der Waals surface area contributed by atoms with E-state index >= 15 is 0 Å². The molecule has 2 aliphatic rings. The minimum absolute atomic E-state index is 0.166. The van der Waals surface area contributed by atoms with Gasteiger partial charge in [-0.05, 0) is 18.4 Å². The largest absolute Gasteiger partial charge is 0.465 e. The zero-order chi connectivity index (χ0) is 11.7. The van der Waals surface area contributed by atoms with Gasteiger partial charge in [-0.15, -0.1) is 0 Å². The average Bonchev–Trinajstić information content (AvgIpc) is 2.40. The highest BCUT2D eigenvalue weighted by Gasteiger charge is 2.32. The summed E-state index contributed by atoms with van der Waals surface area (Å²) in [6.07, 6.45) is 1.92. The zero-order valence-electron chi connectivity index (χ0n) is 9.52. The van der Waals surface area contributed by atoms with Gasteiger partial charge in [-0.2, -0.15) is 0 Å². The number of hydrogen-bond acceptors (Lipinski definition) is 3. The maximum absolute atomic E-state index is 12.0. The van der Waals surface area contributed by atoms with Crippen molar-refractivity contribution in [3.05, 3.63) is 47.4 Å². The molecule has 1 aromatic rings. The third kappa shape index (κ3) is 1.93. The Morgan fingerprint density at radius 2 is 2.00 bits per heavy atom. The summed E-state index contributed by atoms with van der Waals surface area (Å²) in [6, 6.07) is 9.82. The van der Waals surface area contributed by atoms with Gasteiger partial charge in [-0.1, -0.05) is 30.3 Å². The molecule has 3 nitrogen and oxygen atoms in total. The number of rotatable bonds is 1. The highest BCUT2D eigenvalue weighted by Crippen LogP contribution is 2.35. The molecule has 3 heteroatoms. The Bertz CT molecular complexity index is 462. The molecule has 0 saturated carbocycles. The molecule has 1 unspecified atom stereocenters. The highest BCUT2D eigenvalue weighted by molar-refractivity contribution is 5.96. The number of hydrogen-bond donors (Lipinski definition) is 0. The van der Waals surface area contributed by atoms with E-state index in [-0.39, 0.29) is 11.9 Å². The Morgan fingerprint density at radius 3 is 2.82 bits per heavy atom. The first-order chi connectivity index (χ1) is 8.34. The Labute approximate surface area is 100 Å². The molecule has 0 saturated heterocycles. The van der Waals surface area contributed by atoms with Gasteiger partial charge in [0.25, 0.3) is 5.95 Å². The Morgan fingerprint density at radius 1 is 1.18 bits per heavy atom. The van der Waals surface area contributed by atoms with Gasteiger partial charge < -0.3 is 9.47 Å². The van der Waals surface area contributed by atoms with E-state index in [9.17, 15) is 4.79 Å². The van der Waals surface area contributed by atoms with Crippen molar-refractivity contribution in [2.24, 2.45) is 0 Å². The molecule has 1 atom stereocenters. The van der Waals surface area contributed by atoms with Crippen molar-refractivity contribution in [2.45, 2.75) is 25.4 Å². The van der Waals surface area contributed by atoms with Gasteiger partial charge in [0, 0.05) is 0 Å². The van der Waals surface area contributed by atoms with Crippen molar-refractivity contribution in [1.82, 2.24) is 0 Å². The topological polar surface area (TPSA) is 35.5 Å². The third-order valence-corrected chi connectivity index (χ3v) is 3.18. The van der Waals surface area contributed by atoms with Crippen molar-refractivity contribution in [2.75, 3.05) is 6.61 Å². The molecule has 0 N–H and O–H groups in total.